The highest BCUT2D eigenvalue weighted by atomic mass is 32.1. The first-order chi connectivity index (χ1) is 16.4. The lowest BCUT2D eigenvalue weighted by Gasteiger charge is -2.09. The van der Waals surface area contributed by atoms with E-state index in [1.54, 1.807) is 31.3 Å². The first-order valence-corrected chi connectivity index (χ1v) is 11.1. The molecule has 2 N–H and O–H groups in total. The molecule has 172 valence electrons. The fraction of sp³-hybridized carbons (Fsp3) is 0.167. The molecule has 0 radical (unpaired) electrons. The van der Waals surface area contributed by atoms with Crippen molar-refractivity contribution in [2.45, 2.75) is 13.3 Å². The van der Waals surface area contributed by atoms with Gasteiger partial charge in [0.05, 0.1) is 35.1 Å². The summed E-state index contributed by atoms with van der Waals surface area (Å²) >= 11 is 1.25. The Bertz CT molecular complexity index is 1380. The van der Waals surface area contributed by atoms with Crippen LogP contribution in [0.2, 0.25) is 0 Å². The van der Waals surface area contributed by atoms with Crippen LogP contribution in [-0.4, -0.2) is 45.8 Å². The number of ether oxygens (including phenoxy) is 1. The summed E-state index contributed by atoms with van der Waals surface area (Å²) in [5, 5.41) is 5.30. The summed E-state index contributed by atoms with van der Waals surface area (Å²) < 4.78 is 8.87. The van der Waals surface area contributed by atoms with Crippen molar-refractivity contribution in [1.82, 2.24) is 19.7 Å². The Morgan fingerprint density at radius 2 is 1.82 bits per heavy atom. The molecule has 10 heteroatoms. The minimum atomic E-state index is -0.554. The second-order valence-electron chi connectivity index (χ2n) is 7.39. The van der Waals surface area contributed by atoms with Crippen LogP contribution in [0.15, 0.2) is 54.7 Å². The van der Waals surface area contributed by atoms with Gasteiger partial charge in [-0.05, 0) is 48.8 Å². The maximum absolute atomic E-state index is 13.1. The number of aromatic nitrogens is 3. The van der Waals surface area contributed by atoms with Gasteiger partial charge in [-0.1, -0.05) is 18.2 Å². The Labute approximate surface area is 199 Å². The van der Waals surface area contributed by atoms with Gasteiger partial charge in [-0.2, -0.15) is 4.37 Å². The van der Waals surface area contributed by atoms with E-state index in [2.05, 4.69) is 29.7 Å². The molecule has 2 heterocycles. The molecule has 0 spiro atoms. The van der Waals surface area contributed by atoms with Crippen molar-refractivity contribution in [3.05, 3.63) is 82.1 Å². The second-order valence-corrected chi connectivity index (χ2v) is 8.24. The van der Waals surface area contributed by atoms with Crippen molar-refractivity contribution in [1.29, 1.82) is 0 Å². The SMILES string of the molecule is COC(=O)CNC(=O)c1cccc(NC(=O)c2c(C)nsc2Cc2cnc3ccccc3n2)c1. The molecule has 0 aliphatic carbocycles. The van der Waals surface area contributed by atoms with Crippen LogP contribution in [0.4, 0.5) is 5.69 Å². The number of fused-ring (bicyclic) bond motifs is 1. The number of rotatable bonds is 7. The number of carbonyl (C=O) groups is 3. The average molecular weight is 476 g/mol. The molecule has 0 bridgehead atoms. The molecule has 0 saturated heterocycles. The van der Waals surface area contributed by atoms with Gasteiger partial charge in [0.25, 0.3) is 11.8 Å². The number of benzene rings is 2. The highest BCUT2D eigenvalue weighted by Gasteiger charge is 2.20. The van der Waals surface area contributed by atoms with Gasteiger partial charge in [0.2, 0.25) is 0 Å². The smallest absolute Gasteiger partial charge is 0.325 e. The van der Waals surface area contributed by atoms with Crippen LogP contribution in [0.25, 0.3) is 11.0 Å². The number of nitrogens with one attached hydrogen (secondary N) is 2. The van der Waals surface area contributed by atoms with Crippen LogP contribution in [-0.2, 0) is 16.0 Å². The molecule has 9 nitrogen and oxygen atoms in total. The molecule has 2 aromatic carbocycles. The fourth-order valence-corrected chi connectivity index (χ4v) is 4.21. The van der Waals surface area contributed by atoms with Crippen molar-refractivity contribution >= 4 is 46.0 Å². The predicted molar refractivity (Wildman–Crippen MR) is 128 cm³/mol. The normalized spacial score (nSPS) is 10.6. The number of nitrogens with zero attached hydrogens (tertiary/aromatic N) is 3. The number of amides is 2. The van der Waals surface area contributed by atoms with E-state index < -0.39 is 11.9 Å². The molecule has 0 unspecified atom stereocenters. The number of esters is 1. The summed E-state index contributed by atoms with van der Waals surface area (Å²) in [6, 6.07) is 14.0. The third-order valence-electron chi connectivity index (χ3n) is 5.00. The highest BCUT2D eigenvalue weighted by Crippen LogP contribution is 2.23. The minimum Gasteiger partial charge on any atom is -0.468 e. The third kappa shape index (κ3) is 5.24. The van der Waals surface area contributed by atoms with Crippen LogP contribution in [0.3, 0.4) is 0 Å². The Morgan fingerprint density at radius 1 is 1.03 bits per heavy atom. The van der Waals surface area contributed by atoms with Crippen molar-refractivity contribution in [3.8, 4) is 0 Å². The predicted octanol–water partition coefficient (Wildman–Crippen LogP) is 3.14. The number of hydrogen-bond donors (Lipinski definition) is 2. The number of aryl methyl sites for hydroxylation is 1. The largest absolute Gasteiger partial charge is 0.468 e. The molecule has 0 saturated carbocycles. The summed E-state index contributed by atoms with van der Waals surface area (Å²) in [6.07, 6.45) is 2.12. The first-order valence-electron chi connectivity index (χ1n) is 10.4. The third-order valence-corrected chi connectivity index (χ3v) is 5.94. The van der Waals surface area contributed by atoms with Crippen molar-refractivity contribution in [2.24, 2.45) is 0 Å². The van der Waals surface area contributed by atoms with E-state index in [1.807, 2.05) is 24.3 Å². The summed E-state index contributed by atoms with van der Waals surface area (Å²) in [5.41, 5.74) is 4.15. The van der Waals surface area contributed by atoms with Crippen molar-refractivity contribution < 1.29 is 19.1 Å². The van der Waals surface area contributed by atoms with Gasteiger partial charge in [-0.15, -0.1) is 0 Å². The quantitative estimate of drug-likeness (QED) is 0.394. The lowest BCUT2D eigenvalue weighted by atomic mass is 10.1. The van der Waals surface area contributed by atoms with E-state index in [4.69, 9.17) is 0 Å². The molecule has 0 atom stereocenters. The zero-order valence-electron chi connectivity index (χ0n) is 18.5. The maximum atomic E-state index is 13.1. The Balaban J connectivity index is 1.50. The minimum absolute atomic E-state index is 0.243. The first kappa shape index (κ1) is 23.0. The zero-order valence-corrected chi connectivity index (χ0v) is 19.3. The number of anilines is 1. The lowest BCUT2D eigenvalue weighted by Crippen LogP contribution is -2.30. The van der Waals surface area contributed by atoms with E-state index >= 15 is 0 Å². The number of carbonyl (C=O) groups excluding carboxylic acids is 3. The van der Waals surface area contributed by atoms with Gasteiger partial charge in [0.1, 0.15) is 6.54 Å². The Morgan fingerprint density at radius 3 is 2.62 bits per heavy atom. The van der Waals surface area contributed by atoms with Crippen LogP contribution in [0, 0.1) is 6.92 Å². The monoisotopic (exact) mass is 475 g/mol. The standard InChI is InChI=1S/C24H21N5O4S/c1-14-22(20(34-29-14)11-17-12-25-18-8-3-4-9-19(18)27-17)24(32)28-16-7-5-6-15(10-16)23(31)26-13-21(30)33-2/h3-10,12H,11,13H2,1-2H3,(H,26,31)(H,28,32). The molecular formula is C24H21N5O4S. The topological polar surface area (TPSA) is 123 Å². The number of methoxy groups -OCH3 is 1. The summed E-state index contributed by atoms with van der Waals surface area (Å²) in [4.78, 5) is 46.5. The molecule has 0 fully saturated rings. The van der Waals surface area contributed by atoms with Crippen LogP contribution in [0.1, 0.15) is 37.0 Å². The molecule has 2 amide bonds. The van der Waals surface area contributed by atoms with Crippen LogP contribution >= 0.6 is 11.5 Å². The van der Waals surface area contributed by atoms with Gasteiger partial charge in [0, 0.05) is 28.7 Å². The van der Waals surface area contributed by atoms with Gasteiger partial charge in [-0.3, -0.25) is 19.4 Å². The maximum Gasteiger partial charge on any atom is 0.325 e. The molecule has 0 aliphatic heterocycles. The number of para-hydroxylation sites is 2. The molecule has 4 aromatic rings. The van der Waals surface area contributed by atoms with Crippen LogP contribution in [0.5, 0.6) is 0 Å². The van der Waals surface area contributed by atoms with E-state index in [0.29, 0.717) is 28.9 Å². The van der Waals surface area contributed by atoms with E-state index in [9.17, 15) is 14.4 Å². The van der Waals surface area contributed by atoms with Crippen molar-refractivity contribution in [3.63, 3.8) is 0 Å². The van der Waals surface area contributed by atoms with E-state index in [-0.39, 0.29) is 12.5 Å². The Hall–Kier alpha value is -4.18. The van der Waals surface area contributed by atoms with Gasteiger partial charge in [0.15, 0.2) is 0 Å². The molecule has 0 aliphatic rings. The summed E-state index contributed by atoms with van der Waals surface area (Å²) in [6.45, 7) is 1.53. The average Bonchev–Trinajstić information content (AvgIpc) is 3.22. The van der Waals surface area contributed by atoms with Gasteiger partial charge >= 0.3 is 5.97 Å². The fourth-order valence-electron chi connectivity index (χ4n) is 3.33. The van der Waals surface area contributed by atoms with Gasteiger partial charge < -0.3 is 15.4 Å². The van der Waals surface area contributed by atoms with Crippen molar-refractivity contribution in [2.75, 3.05) is 19.0 Å². The zero-order chi connectivity index (χ0) is 24.1. The van der Waals surface area contributed by atoms with E-state index in [0.717, 1.165) is 21.6 Å². The molecule has 4 rings (SSSR count). The molecule has 2 aromatic heterocycles. The van der Waals surface area contributed by atoms with Crippen LogP contribution < -0.4 is 10.6 Å². The molecule has 34 heavy (non-hydrogen) atoms. The Kier molecular flexibility index (Phi) is 6.88. The summed E-state index contributed by atoms with van der Waals surface area (Å²) in [7, 11) is 1.24. The highest BCUT2D eigenvalue weighted by molar-refractivity contribution is 7.06. The second kappa shape index (κ2) is 10.2. The lowest BCUT2D eigenvalue weighted by molar-refractivity contribution is -0.139. The molecular weight excluding hydrogens is 454 g/mol. The van der Waals surface area contributed by atoms with Gasteiger partial charge in [-0.25, -0.2) is 4.98 Å². The summed E-state index contributed by atoms with van der Waals surface area (Å²) in [5.74, 6) is -1.34. The number of hydrogen-bond acceptors (Lipinski definition) is 8. The van der Waals surface area contributed by atoms with E-state index in [1.165, 1.54) is 24.7 Å².